The van der Waals surface area contributed by atoms with Gasteiger partial charge < -0.3 is 20.3 Å². The van der Waals surface area contributed by atoms with Gasteiger partial charge in [-0.1, -0.05) is 53.5 Å². The lowest BCUT2D eigenvalue weighted by atomic mass is 10.1. The molecule has 2 N–H and O–H groups in total. The Morgan fingerprint density at radius 3 is 2.59 bits per heavy atom. The first-order valence-electron chi connectivity index (χ1n) is 12.7. The van der Waals surface area contributed by atoms with Crippen molar-refractivity contribution >= 4 is 63.6 Å². The van der Waals surface area contributed by atoms with Crippen molar-refractivity contribution in [3.8, 4) is 5.75 Å². The average molecular weight is 591 g/mol. The zero-order valence-corrected chi connectivity index (χ0v) is 24.2. The first-order valence-corrected chi connectivity index (χ1v) is 13.4. The highest BCUT2D eigenvalue weighted by molar-refractivity contribution is 6.38. The van der Waals surface area contributed by atoms with Crippen LogP contribution in [-0.4, -0.2) is 43.3 Å². The minimum atomic E-state index is -0.465. The molecular weight excluding hydrogens is 563 g/mol. The second kappa shape index (κ2) is 13.3. The summed E-state index contributed by atoms with van der Waals surface area (Å²) in [6.07, 6.45) is 2.86. The van der Waals surface area contributed by atoms with Crippen LogP contribution < -0.4 is 20.3 Å². The van der Waals surface area contributed by atoms with E-state index in [1.54, 1.807) is 56.6 Å². The summed E-state index contributed by atoms with van der Waals surface area (Å²) in [5, 5.41) is 6.72. The molecular formula is C31H28Cl2N4O4. The number of anilines is 1. The molecule has 0 saturated heterocycles. The van der Waals surface area contributed by atoms with Crippen LogP contribution in [0.3, 0.4) is 0 Å². The maximum atomic E-state index is 12.9. The van der Waals surface area contributed by atoms with Crippen LogP contribution in [0.4, 0.5) is 5.69 Å². The molecule has 0 atom stereocenters. The van der Waals surface area contributed by atoms with Gasteiger partial charge in [0.2, 0.25) is 11.8 Å². The molecule has 0 bridgehead atoms. The van der Waals surface area contributed by atoms with Crippen molar-refractivity contribution in [3.63, 3.8) is 0 Å². The third kappa shape index (κ3) is 7.22. The Balaban J connectivity index is 1.40. The van der Waals surface area contributed by atoms with Crippen LogP contribution in [0.15, 0.2) is 72.8 Å². The Kier molecular flexibility index (Phi) is 9.60. The van der Waals surface area contributed by atoms with E-state index in [-0.39, 0.29) is 24.1 Å². The van der Waals surface area contributed by atoms with Crippen LogP contribution in [0.25, 0.3) is 17.0 Å². The zero-order valence-electron chi connectivity index (χ0n) is 22.7. The van der Waals surface area contributed by atoms with Gasteiger partial charge in [-0.25, -0.2) is 4.98 Å². The van der Waals surface area contributed by atoms with Crippen molar-refractivity contribution in [2.75, 3.05) is 25.5 Å². The first kappa shape index (κ1) is 29.6. The topological polar surface area (TPSA) is 101 Å². The molecule has 3 aromatic carbocycles. The predicted octanol–water partition coefficient (Wildman–Crippen LogP) is 5.58. The second-order valence-corrected chi connectivity index (χ2v) is 9.92. The Hall–Kier alpha value is -4.40. The third-order valence-electron chi connectivity index (χ3n) is 6.31. The largest absolute Gasteiger partial charge is 0.487 e. The quantitative estimate of drug-likeness (QED) is 0.248. The SMILES string of the molecule is CNC(=O)c1cccc(C=CC(=O)NCC(=O)N(C)c2ccc(Cl)c(COc3cccc4ccc(C)nc34)c2Cl)c1. The molecule has 0 aliphatic rings. The Labute approximate surface area is 247 Å². The van der Waals surface area contributed by atoms with Gasteiger partial charge >= 0.3 is 0 Å². The number of aromatic nitrogens is 1. The fourth-order valence-electron chi connectivity index (χ4n) is 4.03. The van der Waals surface area contributed by atoms with Gasteiger partial charge in [-0.15, -0.1) is 0 Å². The molecule has 4 rings (SSSR count). The fraction of sp³-hybridized carbons (Fsp3) is 0.161. The predicted molar refractivity (Wildman–Crippen MR) is 163 cm³/mol. The number of nitrogens with zero attached hydrogens (tertiary/aromatic N) is 2. The lowest BCUT2D eigenvalue weighted by Crippen LogP contribution is -2.37. The van der Waals surface area contributed by atoms with Gasteiger partial charge in [-0.05, 0) is 55.0 Å². The number of fused-ring (bicyclic) bond motifs is 1. The van der Waals surface area contributed by atoms with E-state index in [9.17, 15) is 14.4 Å². The number of benzene rings is 3. The summed E-state index contributed by atoms with van der Waals surface area (Å²) in [5.74, 6) is -0.496. The van der Waals surface area contributed by atoms with Crippen molar-refractivity contribution < 1.29 is 19.1 Å². The highest BCUT2D eigenvalue weighted by Gasteiger charge is 2.19. The number of carbonyl (C=O) groups is 3. The van der Waals surface area contributed by atoms with Gasteiger partial charge in [0.1, 0.15) is 17.9 Å². The van der Waals surface area contributed by atoms with Gasteiger partial charge in [0.15, 0.2) is 0 Å². The van der Waals surface area contributed by atoms with Crippen LogP contribution >= 0.6 is 23.2 Å². The molecule has 4 aromatic rings. The molecule has 0 aliphatic carbocycles. The molecule has 41 heavy (non-hydrogen) atoms. The second-order valence-electron chi connectivity index (χ2n) is 9.14. The van der Waals surface area contributed by atoms with Crippen molar-refractivity contribution in [1.82, 2.24) is 15.6 Å². The van der Waals surface area contributed by atoms with Gasteiger partial charge in [0.05, 0.1) is 17.3 Å². The Bertz CT molecular complexity index is 1650. The monoisotopic (exact) mass is 590 g/mol. The van der Waals surface area contributed by atoms with E-state index in [1.165, 1.54) is 11.0 Å². The van der Waals surface area contributed by atoms with E-state index in [0.29, 0.717) is 33.1 Å². The van der Waals surface area contributed by atoms with E-state index < -0.39 is 11.8 Å². The van der Waals surface area contributed by atoms with Crippen molar-refractivity contribution in [2.45, 2.75) is 13.5 Å². The maximum Gasteiger partial charge on any atom is 0.251 e. The summed E-state index contributed by atoms with van der Waals surface area (Å²) in [5.41, 5.74) is 3.67. The van der Waals surface area contributed by atoms with Crippen LogP contribution in [-0.2, 0) is 16.2 Å². The summed E-state index contributed by atoms with van der Waals surface area (Å²) in [6, 6.07) is 19.7. The normalized spacial score (nSPS) is 11.0. The summed E-state index contributed by atoms with van der Waals surface area (Å²) >= 11 is 13.1. The Morgan fingerprint density at radius 2 is 1.80 bits per heavy atom. The van der Waals surface area contributed by atoms with Crippen molar-refractivity contribution in [1.29, 1.82) is 0 Å². The summed E-state index contributed by atoms with van der Waals surface area (Å²) < 4.78 is 6.06. The lowest BCUT2D eigenvalue weighted by molar-refractivity contribution is -0.122. The summed E-state index contributed by atoms with van der Waals surface area (Å²) in [4.78, 5) is 43.0. The molecule has 1 aromatic heterocycles. The highest BCUT2D eigenvalue weighted by Crippen LogP contribution is 2.35. The van der Waals surface area contributed by atoms with Crippen molar-refractivity contribution in [3.05, 3.63) is 105 Å². The van der Waals surface area contributed by atoms with Crippen LogP contribution in [0, 0.1) is 6.92 Å². The molecule has 1 heterocycles. The standard InChI is InChI=1S/C31H28Cl2N4O4/c1-19-10-12-21-7-5-9-26(30(21)36-19)41-18-23-24(32)13-14-25(29(23)33)37(3)28(39)17-35-27(38)15-11-20-6-4-8-22(16-20)31(40)34-2/h4-16H,17-18H2,1-3H3,(H,34,40)(H,35,38). The molecule has 0 fully saturated rings. The molecule has 0 unspecified atom stereocenters. The number of rotatable bonds is 9. The van der Waals surface area contributed by atoms with Crippen molar-refractivity contribution in [2.24, 2.45) is 0 Å². The summed E-state index contributed by atoms with van der Waals surface area (Å²) in [6.45, 7) is 1.71. The number of halogens is 2. The van der Waals surface area contributed by atoms with Gasteiger partial charge in [-0.3, -0.25) is 14.4 Å². The Morgan fingerprint density at radius 1 is 1.02 bits per heavy atom. The number of carbonyl (C=O) groups excluding carboxylic acids is 3. The van der Waals surface area contributed by atoms with E-state index >= 15 is 0 Å². The smallest absolute Gasteiger partial charge is 0.251 e. The fourth-order valence-corrected chi connectivity index (χ4v) is 4.64. The van der Waals surface area contributed by atoms with Crippen LogP contribution in [0.1, 0.15) is 27.2 Å². The number of likely N-dealkylation sites (N-methyl/N-ethyl adjacent to an activating group) is 1. The molecule has 0 radical (unpaired) electrons. The van der Waals surface area contributed by atoms with Gasteiger partial charge in [0.25, 0.3) is 5.91 Å². The maximum absolute atomic E-state index is 12.9. The number of amides is 3. The number of nitrogens with one attached hydrogen (secondary N) is 2. The zero-order chi connectivity index (χ0) is 29.5. The molecule has 10 heteroatoms. The average Bonchev–Trinajstić information content (AvgIpc) is 2.98. The van der Waals surface area contributed by atoms with E-state index in [2.05, 4.69) is 15.6 Å². The highest BCUT2D eigenvalue weighted by atomic mass is 35.5. The number of pyridine rings is 1. The van der Waals surface area contributed by atoms with Gasteiger partial charge in [0, 0.05) is 47.4 Å². The molecule has 3 amide bonds. The molecule has 0 aliphatic heterocycles. The number of hydrogen-bond donors (Lipinski definition) is 2. The minimum Gasteiger partial charge on any atom is -0.487 e. The number of ether oxygens (including phenoxy) is 1. The molecule has 8 nitrogen and oxygen atoms in total. The molecule has 0 spiro atoms. The van der Waals surface area contributed by atoms with Crippen LogP contribution in [0.2, 0.25) is 10.0 Å². The van der Waals surface area contributed by atoms with E-state index in [4.69, 9.17) is 27.9 Å². The first-order chi connectivity index (χ1) is 19.7. The third-order valence-corrected chi connectivity index (χ3v) is 7.09. The van der Waals surface area contributed by atoms with Gasteiger partial charge in [-0.2, -0.15) is 0 Å². The molecule has 210 valence electrons. The van der Waals surface area contributed by atoms with E-state index in [0.717, 1.165) is 16.6 Å². The van der Waals surface area contributed by atoms with Crippen LogP contribution in [0.5, 0.6) is 5.75 Å². The molecule has 0 saturated carbocycles. The minimum absolute atomic E-state index is 0.0604. The number of aryl methyl sites for hydroxylation is 1. The number of para-hydroxylation sites is 1. The lowest BCUT2D eigenvalue weighted by Gasteiger charge is -2.21. The summed E-state index contributed by atoms with van der Waals surface area (Å²) in [7, 11) is 3.11. The van der Waals surface area contributed by atoms with E-state index in [1.807, 2.05) is 37.3 Å². The number of hydrogen-bond acceptors (Lipinski definition) is 5.